The van der Waals surface area contributed by atoms with E-state index in [2.05, 4.69) is 10.9 Å². The maximum Gasteiger partial charge on any atom is 0.323 e. The first-order chi connectivity index (χ1) is 8.54. The second kappa shape index (κ2) is 6.61. The summed E-state index contributed by atoms with van der Waals surface area (Å²) in [4.78, 5) is 29.1. The Morgan fingerprint density at radius 3 is 2.83 bits per heavy atom. The van der Waals surface area contributed by atoms with E-state index in [1.165, 1.54) is 16.2 Å². The Kier molecular flexibility index (Phi) is 5.14. The van der Waals surface area contributed by atoms with E-state index in [0.717, 1.165) is 10.6 Å². The Balaban J connectivity index is 2.64. The van der Waals surface area contributed by atoms with Gasteiger partial charge in [0, 0.05) is 12.4 Å². The number of aliphatic carboxylic acids is 1. The minimum atomic E-state index is -1.10. The van der Waals surface area contributed by atoms with E-state index in [4.69, 9.17) is 11.5 Å². The molecule has 0 aliphatic carbocycles. The smallest absolute Gasteiger partial charge is 0.323 e. The zero-order valence-corrected chi connectivity index (χ0v) is 10.7. The third-order valence-corrected chi connectivity index (χ3v) is 2.72. The highest BCUT2D eigenvalue weighted by Gasteiger charge is 2.20. The molecule has 0 spiro atoms. The monoisotopic (exact) mass is 267 g/mol. The van der Waals surface area contributed by atoms with Crippen LogP contribution in [0, 0.1) is 12.3 Å². The largest absolute Gasteiger partial charge is 0.480 e. The van der Waals surface area contributed by atoms with E-state index in [9.17, 15) is 9.59 Å². The molecule has 96 valence electrons. The first-order valence-electron chi connectivity index (χ1n) is 5.07. The van der Waals surface area contributed by atoms with E-state index < -0.39 is 18.5 Å². The molecule has 1 aromatic heterocycles. The number of hydrogen-bond donors (Lipinski definition) is 1. The molecule has 1 aromatic rings. The summed E-state index contributed by atoms with van der Waals surface area (Å²) in [6.45, 7) is -0.125. The van der Waals surface area contributed by atoms with Gasteiger partial charge in [0.25, 0.3) is 0 Å². The highest BCUT2D eigenvalue weighted by atomic mass is 32.1. The molecule has 0 atom stereocenters. The lowest BCUT2D eigenvalue weighted by molar-refractivity contribution is -0.137. The van der Waals surface area contributed by atoms with Gasteiger partial charge in [-0.1, -0.05) is 5.92 Å². The van der Waals surface area contributed by atoms with Crippen LogP contribution in [0.2, 0.25) is 0 Å². The number of amides is 2. The van der Waals surface area contributed by atoms with E-state index in [0.29, 0.717) is 6.54 Å². The Labute approximate surface area is 109 Å². The number of aromatic nitrogens is 1. The van der Waals surface area contributed by atoms with Crippen LogP contribution in [0.1, 0.15) is 5.69 Å². The van der Waals surface area contributed by atoms with Gasteiger partial charge in [-0.15, -0.1) is 17.8 Å². The number of carboxylic acid groups (broad SMARTS) is 1. The molecule has 1 rings (SSSR count). The lowest BCUT2D eigenvalue weighted by Gasteiger charge is -2.24. The SMILES string of the molecule is C#CCN(CC(=O)O)C(=O)N(C)Cc1cscn1. The number of carbonyl (C=O) groups excluding carboxylic acids is 1. The third kappa shape index (κ3) is 4.07. The van der Waals surface area contributed by atoms with Gasteiger partial charge >= 0.3 is 12.0 Å². The van der Waals surface area contributed by atoms with Crippen molar-refractivity contribution in [3.63, 3.8) is 0 Å². The molecule has 1 heterocycles. The van der Waals surface area contributed by atoms with E-state index in [1.807, 2.05) is 5.38 Å². The summed E-state index contributed by atoms with van der Waals surface area (Å²) < 4.78 is 0. The number of urea groups is 1. The molecule has 0 unspecified atom stereocenters. The average Bonchev–Trinajstić information content (AvgIpc) is 2.79. The number of terminal acetylenes is 1. The maximum absolute atomic E-state index is 12.0. The fourth-order valence-electron chi connectivity index (χ4n) is 1.33. The fraction of sp³-hybridized carbons (Fsp3) is 0.364. The van der Waals surface area contributed by atoms with Gasteiger partial charge in [0.15, 0.2) is 0 Å². The van der Waals surface area contributed by atoms with Crippen LogP contribution in [0.25, 0.3) is 0 Å². The van der Waals surface area contributed by atoms with Crippen LogP contribution in [-0.2, 0) is 11.3 Å². The number of hydrogen-bond acceptors (Lipinski definition) is 4. The highest BCUT2D eigenvalue weighted by molar-refractivity contribution is 7.07. The Morgan fingerprint density at radius 2 is 2.33 bits per heavy atom. The predicted octanol–water partition coefficient (Wildman–Crippen LogP) is 0.715. The number of carbonyl (C=O) groups is 2. The van der Waals surface area contributed by atoms with Crippen molar-refractivity contribution in [2.45, 2.75) is 6.54 Å². The molecule has 0 aliphatic heterocycles. The van der Waals surface area contributed by atoms with Gasteiger partial charge in [0.05, 0.1) is 24.3 Å². The van der Waals surface area contributed by atoms with Crippen LogP contribution in [0.3, 0.4) is 0 Å². The summed E-state index contributed by atoms with van der Waals surface area (Å²) in [5, 5.41) is 10.5. The van der Waals surface area contributed by atoms with Crippen molar-refractivity contribution in [1.82, 2.24) is 14.8 Å². The van der Waals surface area contributed by atoms with Crippen molar-refractivity contribution in [3.8, 4) is 12.3 Å². The van der Waals surface area contributed by atoms with E-state index in [-0.39, 0.29) is 6.54 Å². The van der Waals surface area contributed by atoms with Gasteiger partial charge in [-0.2, -0.15) is 0 Å². The third-order valence-electron chi connectivity index (χ3n) is 2.09. The Morgan fingerprint density at radius 1 is 1.61 bits per heavy atom. The predicted molar refractivity (Wildman–Crippen MR) is 67.0 cm³/mol. The summed E-state index contributed by atoms with van der Waals surface area (Å²) in [6.07, 6.45) is 5.11. The van der Waals surface area contributed by atoms with Crippen molar-refractivity contribution >= 4 is 23.3 Å². The first-order valence-corrected chi connectivity index (χ1v) is 6.01. The molecular formula is C11H13N3O3S. The molecule has 18 heavy (non-hydrogen) atoms. The Hall–Kier alpha value is -2.07. The second-order valence-corrected chi connectivity index (χ2v) is 4.29. The van der Waals surface area contributed by atoms with Crippen LogP contribution in [0.4, 0.5) is 4.79 Å². The molecule has 1 N–H and O–H groups in total. The average molecular weight is 267 g/mol. The van der Waals surface area contributed by atoms with Crippen molar-refractivity contribution in [3.05, 3.63) is 16.6 Å². The Bertz CT molecular complexity index is 453. The lowest BCUT2D eigenvalue weighted by Crippen LogP contribution is -2.43. The zero-order valence-electron chi connectivity index (χ0n) is 9.87. The van der Waals surface area contributed by atoms with Crippen molar-refractivity contribution in [1.29, 1.82) is 0 Å². The molecule has 0 bridgehead atoms. The van der Waals surface area contributed by atoms with Crippen LogP contribution in [-0.4, -0.2) is 52.0 Å². The van der Waals surface area contributed by atoms with Gasteiger partial charge in [0.2, 0.25) is 0 Å². The maximum atomic E-state index is 12.0. The fourth-order valence-corrected chi connectivity index (χ4v) is 1.88. The van der Waals surface area contributed by atoms with Crippen LogP contribution >= 0.6 is 11.3 Å². The molecule has 0 aliphatic rings. The molecule has 0 fully saturated rings. The number of carboxylic acids is 1. The summed E-state index contributed by atoms with van der Waals surface area (Å²) in [6, 6.07) is -0.427. The van der Waals surface area contributed by atoms with E-state index >= 15 is 0 Å². The number of nitrogens with zero attached hydrogens (tertiary/aromatic N) is 3. The van der Waals surface area contributed by atoms with Crippen LogP contribution in [0.15, 0.2) is 10.9 Å². The quantitative estimate of drug-likeness (QED) is 0.798. The highest BCUT2D eigenvalue weighted by Crippen LogP contribution is 2.06. The molecule has 7 heteroatoms. The summed E-state index contributed by atoms with van der Waals surface area (Å²) in [5.41, 5.74) is 2.43. The van der Waals surface area contributed by atoms with Crippen molar-refractivity contribution in [2.24, 2.45) is 0 Å². The number of thiazole rings is 1. The molecule has 0 aromatic carbocycles. The van der Waals surface area contributed by atoms with Gasteiger partial charge in [0.1, 0.15) is 6.54 Å². The van der Waals surface area contributed by atoms with Crippen molar-refractivity contribution < 1.29 is 14.7 Å². The van der Waals surface area contributed by atoms with Crippen LogP contribution < -0.4 is 0 Å². The van der Waals surface area contributed by atoms with Gasteiger partial charge in [-0.3, -0.25) is 4.79 Å². The molecule has 2 amide bonds. The molecule has 6 nitrogen and oxygen atoms in total. The minimum Gasteiger partial charge on any atom is -0.480 e. The first kappa shape index (κ1) is 14.0. The standard InChI is InChI=1S/C11H13N3O3S/c1-3-4-14(6-10(15)16)11(17)13(2)5-9-7-18-8-12-9/h1,7-8H,4-6H2,2H3,(H,15,16). The normalized spacial score (nSPS) is 9.56. The van der Waals surface area contributed by atoms with Crippen molar-refractivity contribution in [2.75, 3.05) is 20.1 Å². The second-order valence-electron chi connectivity index (χ2n) is 3.57. The summed E-state index contributed by atoms with van der Waals surface area (Å²) >= 11 is 1.43. The van der Waals surface area contributed by atoms with Gasteiger partial charge in [-0.05, 0) is 0 Å². The topological polar surface area (TPSA) is 73.7 Å². The van der Waals surface area contributed by atoms with Crippen LogP contribution in [0.5, 0.6) is 0 Å². The lowest BCUT2D eigenvalue weighted by atomic mass is 10.4. The summed E-state index contributed by atoms with van der Waals surface area (Å²) in [5.74, 6) is 1.17. The molecule has 0 saturated carbocycles. The minimum absolute atomic E-state index is 0.0352. The molecular weight excluding hydrogens is 254 g/mol. The van der Waals surface area contributed by atoms with Gasteiger partial charge in [-0.25, -0.2) is 9.78 Å². The van der Waals surface area contributed by atoms with Gasteiger partial charge < -0.3 is 14.9 Å². The summed E-state index contributed by atoms with van der Waals surface area (Å²) in [7, 11) is 1.58. The zero-order chi connectivity index (χ0) is 13.5. The van der Waals surface area contributed by atoms with E-state index in [1.54, 1.807) is 12.6 Å². The molecule has 0 saturated heterocycles. The molecule has 0 radical (unpaired) electrons. The number of rotatable bonds is 5.